The Hall–Kier alpha value is -1.38. The monoisotopic (exact) mass is 195 g/mol. The summed E-state index contributed by atoms with van der Waals surface area (Å²) < 4.78 is 12.5. The zero-order valence-electron chi connectivity index (χ0n) is 8.24. The molecule has 0 atom stereocenters. The summed E-state index contributed by atoms with van der Waals surface area (Å²) in [6.07, 6.45) is 3.67. The summed E-state index contributed by atoms with van der Waals surface area (Å²) in [6.45, 7) is 2.72. The molecule has 0 aliphatic heterocycles. The number of hydrogen-bond donors (Lipinski definition) is 0. The summed E-state index contributed by atoms with van der Waals surface area (Å²) in [4.78, 5) is 4.98. The Kier molecular flexibility index (Phi) is 4.69. The zero-order chi connectivity index (χ0) is 10.2. The predicted octanol–water partition coefficient (Wildman–Crippen LogP) is 2.98. The van der Waals surface area contributed by atoms with Gasteiger partial charge in [0.25, 0.3) is 0 Å². The fourth-order valence-electron chi connectivity index (χ4n) is 0.909. The third-order valence-electron chi connectivity index (χ3n) is 1.74. The van der Waals surface area contributed by atoms with Crippen LogP contribution in [0.25, 0.3) is 0 Å². The highest BCUT2D eigenvalue weighted by molar-refractivity contribution is 5.78. The number of unbranched alkanes of at least 4 members (excludes halogenated alkanes) is 1. The van der Waals surface area contributed by atoms with Gasteiger partial charge in [-0.1, -0.05) is 30.6 Å². The first-order valence-electron chi connectivity index (χ1n) is 4.74. The van der Waals surface area contributed by atoms with Crippen molar-refractivity contribution in [1.29, 1.82) is 0 Å². The smallest absolute Gasteiger partial charge is 0.123 e. The number of halogens is 1. The second-order valence-corrected chi connectivity index (χ2v) is 2.97. The molecule has 1 aromatic carbocycles. The highest BCUT2D eigenvalue weighted by atomic mass is 19.1. The van der Waals surface area contributed by atoms with E-state index in [4.69, 9.17) is 4.84 Å². The maximum Gasteiger partial charge on any atom is 0.123 e. The maximum atomic E-state index is 12.5. The van der Waals surface area contributed by atoms with Crippen LogP contribution in [-0.2, 0) is 4.84 Å². The molecule has 0 radical (unpaired) electrons. The van der Waals surface area contributed by atoms with Gasteiger partial charge in [-0.05, 0) is 24.1 Å². The Bertz CT molecular complexity index is 282. The molecule has 0 aliphatic rings. The standard InChI is InChI=1S/C11H14FNO/c1-2-3-8-14-13-9-10-4-6-11(12)7-5-10/h4-7,9H,2-3,8H2,1H3. The summed E-state index contributed by atoms with van der Waals surface area (Å²) in [5, 5.41) is 3.76. The number of hydrogen-bond acceptors (Lipinski definition) is 2. The fraction of sp³-hybridized carbons (Fsp3) is 0.364. The van der Waals surface area contributed by atoms with Crippen molar-refractivity contribution in [2.75, 3.05) is 6.61 Å². The molecule has 0 spiro atoms. The van der Waals surface area contributed by atoms with Gasteiger partial charge in [-0.2, -0.15) is 0 Å². The van der Waals surface area contributed by atoms with Crippen LogP contribution in [0.3, 0.4) is 0 Å². The molecule has 14 heavy (non-hydrogen) atoms. The first-order valence-corrected chi connectivity index (χ1v) is 4.74. The molecule has 0 N–H and O–H groups in total. The SMILES string of the molecule is CCCCON=Cc1ccc(F)cc1. The second-order valence-electron chi connectivity index (χ2n) is 2.97. The van der Waals surface area contributed by atoms with Crippen molar-refractivity contribution in [1.82, 2.24) is 0 Å². The molecule has 2 nitrogen and oxygen atoms in total. The van der Waals surface area contributed by atoms with Gasteiger partial charge in [-0.25, -0.2) is 4.39 Å². The highest BCUT2D eigenvalue weighted by Gasteiger charge is 1.89. The summed E-state index contributed by atoms with van der Waals surface area (Å²) in [5.74, 6) is -0.242. The van der Waals surface area contributed by atoms with Crippen LogP contribution in [0.5, 0.6) is 0 Å². The van der Waals surface area contributed by atoms with Crippen LogP contribution >= 0.6 is 0 Å². The lowest BCUT2D eigenvalue weighted by Gasteiger charge is -1.96. The Morgan fingerprint density at radius 1 is 1.36 bits per heavy atom. The van der Waals surface area contributed by atoms with E-state index in [0.717, 1.165) is 18.4 Å². The average molecular weight is 195 g/mol. The van der Waals surface area contributed by atoms with Crippen LogP contribution in [0.1, 0.15) is 25.3 Å². The quantitative estimate of drug-likeness (QED) is 0.402. The molecule has 0 aromatic heterocycles. The average Bonchev–Trinajstić information content (AvgIpc) is 2.21. The number of benzene rings is 1. The normalized spacial score (nSPS) is 10.7. The van der Waals surface area contributed by atoms with Crippen molar-refractivity contribution < 1.29 is 9.23 Å². The van der Waals surface area contributed by atoms with E-state index in [1.807, 2.05) is 0 Å². The molecule has 0 fully saturated rings. The summed E-state index contributed by atoms with van der Waals surface area (Å²) >= 11 is 0. The minimum absolute atomic E-state index is 0.242. The fourth-order valence-corrected chi connectivity index (χ4v) is 0.909. The van der Waals surface area contributed by atoms with Crippen molar-refractivity contribution >= 4 is 6.21 Å². The van der Waals surface area contributed by atoms with Crippen LogP contribution < -0.4 is 0 Å². The van der Waals surface area contributed by atoms with Crippen LogP contribution in [0.2, 0.25) is 0 Å². The van der Waals surface area contributed by atoms with Crippen LogP contribution in [0, 0.1) is 5.82 Å². The van der Waals surface area contributed by atoms with Gasteiger partial charge >= 0.3 is 0 Å². The minimum atomic E-state index is -0.242. The van der Waals surface area contributed by atoms with Gasteiger partial charge in [-0.15, -0.1) is 0 Å². The first kappa shape index (κ1) is 10.7. The van der Waals surface area contributed by atoms with Crippen molar-refractivity contribution in [3.05, 3.63) is 35.6 Å². The van der Waals surface area contributed by atoms with E-state index in [1.54, 1.807) is 18.3 Å². The molecule has 0 unspecified atom stereocenters. The van der Waals surface area contributed by atoms with Crippen molar-refractivity contribution in [3.8, 4) is 0 Å². The van der Waals surface area contributed by atoms with Gasteiger partial charge in [-0.3, -0.25) is 0 Å². The van der Waals surface area contributed by atoms with Crippen LogP contribution in [0.15, 0.2) is 29.4 Å². The third kappa shape index (κ3) is 4.03. The molecule has 0 heterocycles. The van der Waals surface area contributed by atoms with Gasteiger partial charge in [0, 0.05) is 0 Å². The number of rotatable bonds is 5. The molecule has 76 valence electrons. The zero-order valence-corrected chi connectivity index (χ0v) is 8.24. The van der Waals surface area contributed by atoms with E-state index in [1.165, 1.54) is 12.1 Å². The Labute approximate surface area is 83.4 Å². The lowest BCUT2D eigenvalue weighted by molar-refractivity contribution is 0.143. The predicted molar refractivity (Wildman–Crippen MR) is 54.9 cm³/mol. The summed E-state index contributed by atoms with van der Waals surface area (Å²) in [6, 6.07) is 6.10. The second kappa shape index (κ2) is 6.13. The van der Waals surface area contributed by atoms with Gasteiger partial charge < -0.3 is 4.84 Å². The number of oxime groups is 1. The molecular formula is C11H14FNO. The summed E-state index contributed by atoms with van der Waals surface area (Å²) in [7, 11) is 0. The Morgan fingerprint density at radius 2 is 2.07 bits per heavy atom. The first-order chi connectivity index (χ1) is 6.83. The van der Waals surface area contributed by atoms with Gasteiger partial charge in [0.1, 0.15) is 12.4 Å². The van der Waals surface area contributed by atoms with E-state index < -0.39 is 0 Å². The molecule has 0 bridgehead atoms. The van der Waals surface area contributed by atoms with E-state index in [-0.39, 0.29) is 5.82 Å². The third-order valence-corrected chi connectivity index (χ3v) is 1.74. The van der Waals surface area contributed by atoms with E-state index in [0.29, 0.717) is 6.61 Å². The van der Waals surface area contributed by atoms with E-state index in [9.17, 15) is 4.39 Å². The van der Waals surface area contributed by atoms with Crippen LogP contribution in [-0.4, -0.2) is 12.8 Å². The number of nitrogens with zero attached hydrogens (tertiary/aromatic N) is 1. The van der Waals surface area contributed by atoms with Gasteiger partial charge in [0.15, 0.2) is 0 Å². The van der Waals surface area contributed by atoms with E-state index >= 15 is 0 Å². The highest BCUT2D eigenvalue weighted by Crippen LogP contribution is 2.00. The molecule has 3 heteroatoms. The topological polar surface area (TPSA) is 21.6 Å². The Balaban J connectivity index is 2.33. The van der Waals surface area contributed by atoms with E-state index in [2.05, 4.69) is 12.1 Å². The molecular weight excluding hydrogens is 181 g/mol. The van der Waals surface area contributed by atoms with Crippen LogP contribution in [0.4, 0.5) is 4.39 Å². The summed E-state index contributed by atoms with van der Waals surface area (Å²) in [5.41, 5.74) is 0.836. The van der Waals surface area contributed by atoms with Crippen molar-refractivity contribution in [2.45, 2.75) is 19.8 Å². The van der Waals surface area contributed by atoms with Gasteiger partial charge in [0.2, 0.25) is 0 Å². The van der Waals surface area contributed by atoms with Crippen molar-refractivity contribution in [2.24, 2.45) is 5.16 Å². The largest absolute Gasteiger partial charge is 0.396 e. The molecule has 0 saturated heterocycles. The Morgan fingerprint density at radius 3 is 2.71 bits per heavy atom. The molecule has 0 aliphatic carbocycles. The molecule has 1 rings (SSSR count). The molecule has 0 amide bonds. The molecule has 1 aromatic rings. The minimum Gasteiger partial charge on any atom is -0.396 e. The lowest BCUT2D eigenvalue weighted by atomic mass is 10.2. The van der Waals surface area contributed by atoms with Crippen molar-refractivity contribution in [3.63, 3.8) is 0 Å². The lowest BCUT2D eigenvalue weighted by Crippen LogP contribution is -1.88. The molecule has 0 saturated carbocycles. The maximum absolute atomic E-state index is 12.5. The van der Waals surface area contributed by atoms with Gasteiger partial charge in [0.05, 0.1) is 6.21 Å².